The number of rotatable bonds is 4. The van der Waals surface area contributed by atoms with Gasteiger partial charge in [-0.3, -0.25) is 0 Å². The first kappa shape index (κ1) is 11.9. The van der Waals surface area contributed by atoms with Gasteiger partial charge in [-0.25, -0.2) is 0 Å². The molecule has 2 rings (SSSR count). The standard InChI is InChI=1S/C13H18BrNO/c1-15-8-3-5-12(15)7-9-16-13-6-2-4-11(14)10-13/h2,4,6,10,12H,3,5,7-9H2,1H3. The smallest absolute Gasteiger partial charge is 0.120 e. The number of likely N-dealkylation sites (tertiary alicyclic amines) is 1. The van der Waals surface area contributed by atoms with Crippen LogP contribution in [0.3, 0.4) is 0 Å². The molecule has 1 unspecified atom stereocenters. The summed E-state index contributed by atoms with van der Waals surface area (Å²) in [5.41, 5.74) is 0. The van der Waals surface area contributed by atoms with E-state index in [-0.39, 0.29) is 0 Å². The van der Waals surface area contributed by atoms with E-state index in [1.54, 1.807) is 0 Å². The average molecular weight is 284 g/mol. The molecule has 0 saturated carbocycles. The van der Waals surface area contributed by atoms with E-state index < -0.39 is 0 Å². The third kappa shape index (κ3) is 3.22. The Balaban J connectivity index is 1.75. The molecule has 1 aromatic carbocycles. The van der Waals surface area contributed by atoms with Crippen molar-refractivity contribution < 1.29 is 4.74 Å². The summed E-state index contributed by atoms with van der Waals surface area (Å²) in [6.45, 7) is 2.05. The Labute approximate surface area is 106 Å². The summed E-state index contributed by atoms with van der Waals surface area (Å²) in [5, 5.41) is 0. The average Bonchev–Trinajstić information content (AvgIpc) is 2.65. The summed E-state index contributed by atoms with van der Waals surface area (Å²) in [7, 11) is 2.21. The molecule has 0 N–H and O–H groups in total. The van der Waals surface area contributed by atoms with Crippen LogP contribution in [0.2, 0.25) is 0 Å². The molecule has 88 valence electrons. The normalized spacial score (nSPS) is 21.2. The Morgan fingerprint density at radius 1 is 1.50 bits per heavy atom. The quantitative estimate of drug-likeness (QED) is 0.841. The SMILES string of the molecule is CN1CCCC1CCOc1cccc(Br)c1. The number of hydrogen-bond acceptors (Lipinski definition) is 2. The molecule has 0 aliphatic carbocycles. The van der Waals surface area contributed by atoms with Gasteiger partial charge in [-0.05, 0) is 51.1 Å². The fourth-order valence-corrected chi connectivity index (χ4v) is 2.59. The van der Waals surface area contributed by atoms with Crippen LogP contribution >= 0.6 is 15.9 Å². The number of ether oxygens (including phenoxy) is 1. The third-order valence-electron chi connectivity index (χ3n) is 3.19. The van der Waals surface area contributed by atoms with Crippen molar-refractivity contribution in [3.63, 3.8) is 0 Å². The second-order valence-electron chi connectivity index (χ2n) is 4.37. The summed E-state index contributed by atoms with van der Waals surface area (Å²) in [6, 6.07) is 8.74. The van der Waals surface area contributed by atoms with Gasteiger partial charge in [0.1, 0.15) is 5.75 Å². The first-order valence-electron chi connectivity index (χ1n) is 5.84. The molecular weight excluding hydrogens is 266 g/mol. The molecule has 1 aliphatic rings. The highest BCUT2D eigenvalue weighted by molar-refractivity contribution is 9.10. The maximum absolute atomic E-state index is 5.74. The van der Waals surface area contributed by atoms with E-state index in [1.807, 2.05) is 24.3 Å². The van der Waals surface area contributed by atoms with Crippen molar-refractivity contribution in [1.29, 1.82) is 0 Å². The lowest BCUT2D eigenvalue weighted by molar-refractivity contribution is 0.233. The van der Waals surface area contributed by atoms with E-state index >= 15 is 0 Å². The van der Waals surface area contributed by atoms with Gasteiger partial charge in [0, 0.05) is 10.5 Å². The maximum atomic E-state index is 5.74. The lowest BCUT2D eigenvalue weighted by Crippen LogP contribution is -2.26. The van der Waals surface area contributed by atoms with Crippen LogP contribution in [0.15, 0.2) is 28.7 Å². The minimum Gasteiger partial charge on any atom is -0.493 e. The van der Waals surface area contributed by atoms with Crippen molar-refractivity contribution in [2.45, 2.75) is 25.3 Å². The van der Waals surface area contributed by atoms with Crippen molar-refractivity contribution in [2.24, 2.45) is 0 Å². The van der Waals surface area contributed by atoms with Gasteiger partial charge in [0.05, 0.1) is 6.61 Å². The molecular formula is C13H18BrNO. The highest BCUT2D eigenvalue weighted by atomic mass is 79.9. The molecule has 1 heterocycles. The summed E-state index contributed by atoms with van der Waals surface area (Å²) in [5.74, 6) is 0.954. The molecule has 2 nitrogen and oxygen atoms in total. The van der Waals surface area contributed by atoms with Gasteiger partial charge in [0.15, 0.2) is 0 Å². The van der Waals surface area contributed by atoms with Crippen LogP contribution < -0.4 is 4.74 Å². The van der Waals surface area contributed by atoms with Crippen molar-refractivity contribution in [3.05, 3.63) is 28.7 Å². The molecule has 1 saturated heterocycles. The zero-order valence-corrected chi connectivity index (χ0v) is 11.2. The lowest BCUT2D eigenvalue weighted by Gasteiger charge is -2.19. The minimum absolute atomic E-state index is 0.715. The number of benzene rings is 1. The second-order valence-corrected chi connectivity index (χ2v) is 5.29. The van der Waals surface area contributed by atoms with Crippen LogP contribution in [-0.4, -0.2) is 31.1 Å². The third-order valence-corrected chi connectivity index (χ3v) is 3.68. The molecule has 1 aromatic rings. The predicted molar refractivity (Wildman–Crippen MR) is 69.9 cm³/mol. The van der Waals surface area contributed by atoms with Crippen LogP contribution in [0.4, 0.5) is 0 Å². The van der Waals surface area contributed by atoms with Gasteiger partial charge in [-0.1, -0.05) is 22.0 Å². The van der Waals surface area contributed by atoms with E-state index in [2.05, 4.69) is 27.9 Å². The fraction of sp³-hybridized carbons (Fsp3) is 0.538. The minimum atomic E-state index is 0.715. The molecule has 16 heavy (non-hydrogen) atoms. The van der Waals surface area contributed by atoms with E-state index in [0.29, 0.717) is 6.04 Å². The van der Waals surface area contributed by atoms with E-state index in [9.17, 15) is 0 Å². The first-order valence-corrected chi connectivity index (χ1v) is 6.63. The van der Waals surface area contributed by atoms with Gasteiger partial charge in [-0.15, -0.1) is 0 Å². The highest BCUT2D eigenvalue weighted by Gasteiger charge is 2.20. The van der Waals surface area contributed by atoms with Gasteiger partial charge in [0.2, 0.25) is 0 Å². The molecule has 0 amide bonds. The number of nitrogens with zero attached hydrogens (tertiary/aromatic N) is 1. The molecule has 3 heteroatoms. The fourth-order valence-electron chi connectivity index (χ4n) is 2.21. The Kier molecular flexibility index (Phi) is 4.24. The Bertz CT molecular complexity index is 342. The number of hydrogen-bond donors (Lipinski definition) is 0. The first-order chi connectivity index (χ1) is 7.75. The Morgan fingerprint density at radius 2 is 2.38 bits per heavy atom. The van der Waals surface area contributed by atoms with Crippen LogP contribution in [-0.2, 0) is 0 Å². The Hall–Kier alpha value is -0.540. The van der Waals surface area contributed by atoms with Crippen LogP contribution in [0.1, 0.15) is 19.3 Å². The van der Waals surface area contributed by atoms with Crippen molar-refractivity contribution in [1.82, 2.24) is 4.90 Å². The van der Waals surface area contributed by atoms with Crippen molar-refractivity contribution in [3.8, 4) is 5.75 Å². The predicted octanol–water partition coefficient (Wildman–Crippen LogP) is 3.31. The monoisotopic (exact) mass is 283 g/mol. The lowest BCUT2D eigenvalue weighted by atomic mass is 10.1. The number of halogens is 1. The largest absolute Gasteiger partial charge is 0.493 e. The van der Waals surface area contributed by atoms with Gasteiger partial charge >= 0.3 is 0 Å². The highest BCUT2D eigenvalue weighted by Crippen LogP contribution is 2.20. The summed E-state index contributed by atoms with van der Waals surface area (Å²) < 4.78 is 6.81. The van der Waals surface area contributed by atoms with Gasteiger partial charge in [-0.2, -0.15) is 0 Å². The van der Waals surface area contributed by atoms with Crippen LogP contribution in [0.25, 0.3) is 0 Å². The van der Waals surface area contributed by atoms with Crippen molar-refractivity contribution >= 4 is 15.9 Å². The van der Waals surface area contributed by atoms with Crippen LogP contribution in [0.5, 0.6) is 5.75 Å². The molecule has 0 aromatic heterocycles. The van der Waals surface area contributed by atoms with Gasteiger partial charge < -0.3 is 9.64 Å². The van der Waals surface area contributed by atoms with Gasteiger partial charge in [0.25, 0.3) is 0 Å². The van der Waals surface area contributed by atoms with E-state index in [1.165, 1.54) is 19.4 Å². The summed E-state index contributed by atoms with van der Waals surface area (Å²) in [6.07, 6.45) is 3.78. The topological polar surface area (TPSA) is 12.5 Å². The second kappa shape index (κ2) is 5.69. The molecule has 1 fully saturated rings. The summed E-state index contributed by atoms with van der Waals surface area (Å²) in [4.78, 5) is 2.43. The molecule has 0 bridgehead atoms. The maximum Gasteiger partial charge on any atom is 0.120 e. The molecule has 1 atom stereocenters. The molecule has 0 radical (unpaired) electrons. The van der Waals surface area contributed by atoms with E-state index in [0.717, 1.165) is 23.2 Å². The van der Waals surface area contributed by atoms with Crippen molar-refractivity contribution in [2.75, 3.05) is 20.2 Å². The summed E-state index contributed by atoms with van der Waals surface area (Å²) >= 11 is 3.44. The molecule has 1 aliphatic heterocycles. The zero-order valence-electron chi connectivity index (χ0n) is 9.66. The van der Waals surface area contributed by atoms with Crippen LogP contribution in [0, 0.1) is 0 Å². The molecule has 0 spiro atoms. The van der Waals surface area contributed by atoms with E-state index in [4.69, 9.17) is 4.74 Å². The zero-order chi connectivity index (χ0) is 11.4. The Morgan fingerprint density at radius 3 is 3.06 bits per heavy atom.